The number of amides is 3. The number of hydrogen-bond acceptors (Lipinski definition) is 4. The molecule has 1 aliphatic heterocycles. The third kappa shape index (κ3) is 3.86. The third-order valence-corrected chi connectivity index (χ3v) is 5.97. The van der Waals surface area contributed by atoms with Gasteiger partial charge in [-0.2, -0.15) is 0 Å². The summed E-state index contributed by atoms with van der Waals surface area (Å²) in [4.78, 5) is 42.2. The predicted molar refractivity (Wildman–Crippen MR) is 113 cm³/mol. The van der Waals surface area contributed by atoms with Gasteiger partial charge in [0.05, 0.1) is 24.2 Å². The lowest BCUT2D eigenvalue weighted by Crippen LogP contribution is -2.45. The van der Waals surface area contributed by atoms with Crippen LogP contribution >= 0.6 is 22.9 Å². The van der Waals surface area contributed by atoms with Crippen LogP contribution in [0.3, 0.4) is 0 Å². The summed E-state index contributed by atoms with van der Waals surface area (Å²) < 4.78 is 14.3. The van der Waals surface area contributed by atoms with Crippen LogP contribution in [0.15, 0.2) is 66.0 Å². The van der Waals surface area contributed by atoms with Crippen molar-refractivity contribution >= 4 is 46.3 Å². The molecule has 1 saturated heterocycles. The lowest BCUT2D eigenvalue weighted by Gasteiger charge is -2.27. The maximum absolute atomic E-state index is 14.3. The van der Waals surface area contributed by atoms with Crippen LogP contribution in [0.1, 0.15) is 21.7 Å². The SMILES string of the molecule is O=C1CC(N(Cc2cccs2)C(=O)c2ccccc2F)C(=O)N1c1ccc(Cl)cc1. The van der Waals surface area contributed by atoms with Gasteiger partial charge in [0.15, 0.2) is 0 Å². The first-order valence-corrected chi connectivity index (χ1v) is 10.4. The molecule has 3 amide bonds. The molecular weight excluding hydrogens is 427 g/mol. The van der Waals surface area contributed by atoms with Gasteiger partial charge < -0.3 is 4.90 Å². The quantitative estimate of drug-likeness (QED) is 0.546. The molecule has 1 aromatic heterocycles. The molecule has 1 aliphatic rings. The van der Waals surface area contributed by atoms with Crippen LogP contribution in [-0.4, -0.2) is 28.7 Å². The van der Waals surface area contributed by atoms with Crippen molar-refractivity contribution in [2.75, 3.05) is 4.90 Å². The number of imide groups is 1. The van der Waals surface area contributed by atoms with E-state index in [1.54, 1.807) is 30.3 Å². The number of hydrogen-bond donors (Lipinski definition) is 0. The highest BCUT2D eigenvalue weighted by molar-refractivity contribution is 7.09. The van der Waals surface area contributed by atoms with Crippen molar-refractivity contribution in [3.8, 4) is 0 Å². The van der Waals surface area contributed by atoms with E-state index < -0.39 is 29.6 Å². The number of halogens is 2. The molecule has 0 bridgehead atoms. The summed E-state index contributed by atoms with van der Waals surface area (Å²) in [5.74, 6) is -2.26. The van der Waals surface area contributed by atoms with Gasteiger partial charge in [0.1, 0.15) is 11.9 Å². The van der Waals surface area contributed by atoms with Crippen LogP contribution in [0, 0.1) is 5.82 Å². The highest BCUT2D eigenvalue weighted by Gasteiger charge is 2.44. The Balaban J connectivity index is 1.69. The lowest BCUT2D eigenvalue weighted by atomic mass is 10.1. The van der Waals surface area contributed by atoms with Gasteiger partial charge in [-0.15, -0.1) is 11.3 Å². The first-order valence-electron chi connectivity index (χ1n) is 9.16. The molecule has 3 aromatic rings. The van der Waals surface area contributed by atoms with Crippen molar-refractivity contribution in [3.05, 3.63) is 87.3 Å². The molecule has 5 nitrogen and oxygen atoms in total. The van der Waals surface area contributed by atoms with Gasteiger partial charge in [-0.25, -0.2) is 9.29 Å². The van der Waals surface area contributed by atoms with Crippen LogP contribution in [0.2, 0.25) is 5.02 Å². The van der Waals surface area contributed by atoms with E-state index in [4.69, 9.17) is 11.6 Å². The van der Waals surface area contributed by atoms with E-state index in [1.165, 1.54) is 34.4 Å². The first kappa shape index (κ1) is 20.3. The Bertz CT molecular complexity index is 1100. The van der Waals surface area contributed by atoms with Gasteiger partial charge in [-0.1, -0.05) is 29.8 Å². The number of thiophene rings is 1. The molecule has 8 heteroatoms. The fourth-order valence-corrected chi connectivity index (χ4v) is 4.23. The molecule has 4 rings (SSSR count). The molecule has 30 heavy (non-hydrogen) atoms. The molecule has 1 fully saturated rings. The maximum atomic E-state index is 14.3. The van der Waals surface area contributed by atoms with Crippen LogP contribution < -0.4 is 4.90 Å². The Hall–Kier alpha value is -3.03. The second kappa shape index (κ2) is 8.38. The van der Waals surface area contributed by atoms with Crippen molar-refractivity contribution in [1.82, 2.24) is 4.90 Å². The molecule has 2 heterocycles. The molecule has 0 N–H and O–H groups in total. The summed E-state index contributed by atoms with van der Waals surface area (Å²) in [7, 11) is 0. The average Bonchev–Trinajstić information content (AvgIpc) is 3.35. The zero-order valence-corrected chi connectivity index (χ0v) is 17.2. The Labute approximate surface area is 181 Å². The number of carbonyl (C=O) groups is 3. The number of rotatable bonds is 5. The van der Waals surface area contributed by atoms with Gasteiger partial charge in [0.25, 0.3) is 11.8 Å². The van der Waals surface area contributed by atoms with E-state index in [0.717, 1.165) is 9.78 Å². The monoisotopic (exact) mass is 442 g/mol. The van der Waals surface area contributed by atoms with E-state index in [-0.39, 0.29) is 18.5 Å². The zero-order valence-electron chi connectivity index (χ0n) is 15.6. The molecule has 0 saturated carbocycles. The number of nitrogens with zero attached hydrogens (tertiary/aromatic N) is 2. The van der Waals surface area contributed by atoms with Gasteiger partial charge in [0.2, 0.25) is 5.91 Å². The van der Waals surface area contributed by atoms with Crippen molar-refractivity contribution in [3.63, 3.8) is 0 Å². The van der Waals surface area contributed by atoms with Crippen molar-refractivity contribution in [1.29, 1.82) is 0 Å². The minimum Gasteiger partial charge on any atom is -0.321 e. The zero-order chi connectivity index (χ0) is 21.3. The smallest absolute Gasteiger partial charge is 0.257 e. The first-order chi connectivity index (χ1) is 14.5. The van der Waals surface area contributed by atoms with Crippen LogP contribution in [0.25, 0.3) is 0 Å². The fraction of sp³-hybridized carbons (Fsp3) is 0.136. The number of benzene rings is 2. The second-order valence-electron chi connectivity index (χ2n) is 6.76. The Morgan fingerprint density at radius 2 is 1.83 bits per heavy atom. The minimum absolute atomic E-state index is 0.100. The van der Waals surface area contributed by atoms with Crippen molar-refractivity contribution in [2.45, 2.75) is 19.0 Å². The maximum Gasteiger partial charge on any atom is 0.257 e. The average molecular weight is 443 g/mol. The molecule has 0 spiro atoms. The second-order valence-corrected chi connectivity index (χ2v) is 8.22. The summed E-state index contributed by atoms with van der Waals surface area (Å²) in [6.45, 7) is 0.100. The van der Waals surface area contributed by atoms with Crippen molar-refractivity contribution in [2.24, 2.45) is 0 Å². The Kier molecular flexibility index (Phi) is 5.65. The lowest BCUT2D eigenvalue weighted by molar-refractivity contribution is -0.122. The van der Waals surface area contributed by atoms with Gasteiger partial charge in [-0.3, -0.25) is 14.4 Å². The van der Waals surface area contributed by atoms with E-state index in [2.05, 4.69) is 0 Å². The normalized spacial score (nSPS) is 16.2. The summed E-state index contributed by atoms with van der Waals surface area (Å²) in [5.41, 5.74) is 0.241. The minimum atomic E-state index is -1.03. The molecular formula is C22H16ClFN2O3S. The van der Waals surface area contributed by atoms with Gasteiger partial charge in [-0.05, 0) is 47.8 Å². The third-order valence-electron chi connectivity index (χ3n) is 4.86. The predicted octanol–water partition coefficient (Wildman–Crippen LogP) is 4.52. The number of anilines is 1. The fourth-order valence-electron chi connectivity index (χ4n) is 3.40. The molecule has 0 aliphatic carbocycles. The summed E-state index contributed by atoms with van der Waals surface area (Å²) >= 11 is 7.31. The van der Waals surface area contributed by atoms with E-state index in [9.17, 15) is 18.8 Å². The highest BCUT2D eigenvalue weighted by Crippen LogP contribution is 2.29. The summed E-state index contributed by atoms with van der Waals surface area (Å²) in [6, 6.07) is 14.5. The van der Waals surface area contributed by atoms with E-state index >= 15 is 0 Å². The van der Waals surface area contributed by atoms with E-state index in [1.807, 2.05) is 17.5 Å². The van der Waals surface area contributed by atoms with Crippen LogP contribution in [0.5, 0.6) is 0 Å². The number of carbonyl (C=O) groups excluding carboxylic acids is 3. The molecule has 2 aromatic carbocycles. The summed E-state index contributed by atoms with van der Waals surface area (Å²) in [6.07, 6.45) is -0.174. The van der Waals surface area contributed by atoms with Crippen molar-refractivity contribution < 1.29 is 18.8 Å². The molecule has 1 atom stereocenters. The topological polar surface area (TPSA) is 57.7 Å². The highest BCUT2D eigenvalue weighted by atomic mass is 35.5. The van der Waals surface area contributed by atoms with E-state index in [0.29, 0.717) is 10.7 Å². The Morgan fingerprint density at radius 3 is 2.50 bits per heavy atom. The standard InChI is InChI=1S/C22H16ClFN2O3S/c23-14-7-9-15(10-8-14)26-20(27)12-19(22(26)29)25(13-16-4-3-11-30-16)21(28)17-5-1-2-6-18(17)24/h1-11,19H,12-13H2. The molecule has 0 radical (unpaired) electrons. The molecule has 1 unspecified atom stereocenters. The largest absolute Gasteiger partial charge is 0.321 e. The van der Waals surface area contributed by atoms with Gasteiger partial charge >= 0.3 is 0 Å². The van der Waals surface area contributed by atoms with Crippen LogP contribution in [-0.2, 0) is 16.1 Å². The summed E-state index contributed by atoms with van der Waals surface area (Å²) in [5, 5.41) is 2.33. The van der Waals surface area contributed by atoms with Gasteiger partial charge in [0, 0.05) is 9.90 Å². The van der Waals surface area contributed by atoms with Crippen LogP contribution in [0.4, 0.5) is 10.1 Å². The Morgan fingerprint density at radius 1 is 1.10 bits per heavy atom. The molecule has 152 valence electrons.